The average molecular weight is 1070 g/mol. The van der Waals surface area contributed by atoms with E-state index < -0.39 is 46.7 Å². The van der Waals surface area contributed by atoms with Gasteiger partial charge in [0.1, 0.15) is 12.1 Å². The van der Waals surface area contributed by atoms with Crippen LogP contribution in [0.4, 0.5) is 11.4 Å². The van der Waals surface area contributed by atoms with E-state index in [-0.39, 0.29) is 55.9 Å². The molecule has 72 heavy (non-hydrogen) atoms. The fourth-order valence-corrected chi connectivity index (χ4v) is 10.3. The summed E-state index contributed by atoms with van der Waals surface area (Å²) in [4.78, 5) is 76.7. The van der Waals surface area contributed by atoms with Crippen LogP contribution in [-0.2, 0) is 41.5 Å². The Morgan fingerprint density at radius 3 is 1.25 bits per heavy atom. The van der Waals surface area contributed by atoms with Gasteiger partial charge in [-0.2, -0.15) is 0 Å². The number of unbranched alkanes of at least 4 members (excludes halogenated alkanes) is 1. The lowest BCUT2D eigenvalue weighted by molar-refractivity contribution is -0.147. The summed E-state index contributed by atoms with van der Waals surface area (Å²) in [5.41, 5.74) is 2.28. The molecule has 0 aliphatic heterocycles. The summed E-state index contributed by atoms with van der Waals surface area (Å²) < 4.78 is 9.93. The first-order chi connectivity index (χ1) is 34.6. The van der Waals surface area contributed by atoms with Crippen LogP contribution in [0.2, 0.25) is 20.1 Å². The third kappa shape index (κ3) is 16.3. The van der Waals surface area contributed by atoms with Gasteiger partial charge in [-0.05, 0) is 105 Å². The molecule has 2 saturated carbocycles. The predicted octanol–water partition coefficient (Wildman–Crippen LogP) is 13.2. The minimum atomic E-state index is -0.809. The largest absolute Gasteiger partial charge is 0.467 e. The number of anilines is 2. The van der Waals surface area contributed by atoms with E-state index in [0.29, 0.717) is 11.4 Å². The highest BCUT2D eigenvalue weighted by atomic mass is 35.5. The van der Waals surface area contributed by atoms with Crippen molar-refractivity contribution in [3.63, 3.8) is 0 Å². The van der Waals surface area contributed by atoms with E-state index in [0.717, 1.165) is 94.6 Å². The smallest absolute Gasteiger partial charge is 0.328 e. The summed E-state index contributed by atoms with van der Waals surface area (Å²) in [5, 5.41) is 12.5. The molecular weight excluding hydrogens is 998 g/mol. The Morgan fingerprint density at radius 2 is 0.931 bits per heavy atom. The lowest BCUT2D eigenvalue weighted by Crippen LogP contribution is -2.49. The van der Waals surface area contributed by atoms with Crippen molar-refractivity contribution >= 4 is 93.3 Å². The first-order valence-electron chi connectivity index (χ1n) is 24.7. The van der Waals surface area contributed by atoms with Gasteiger partial charge in [0.05, 0.1) is 45.4 Å². The third-order valence-electron chi connectivity index (χ3n) is 13.2. The Morgan fingerprint density at radius 1 is 0.583 bits per heavy atom. The zero-order valence-electron chi connectivity index (χ0n) is 41.9. The lowest BCUT2D eigenvalue weighted by Gasteiger charge is -2.29. The molecular formula is C56H68Cl4N4O8. The molecule has 2 aliphatic carbocycles. The maximum Gasteiger partial charge on any atom is 0.328 e. The fourth-order valence-electron chi connectivity index (χ4n) is 9.21. The second-order valence-electron chi connectivity index (χ2n) is 17.9. The van der Waals surface area contributed by atoms with Gasteiger partial charge < -0.3 is 30.7 Å². The van der Waals surface area contributed by atoms with E-state index in [9.17, 15) is 28.8 Å². The van der Waals surface area contributed by atoms with Crippen molar-refractivity contribution in [1.82, 2.24) is 10.6 Å². The van der Waals surface area contributed by atoms with E-state index in [2.05, 4.69) is 34.8 Å². The quantitative estimate of drug-likeness (QED) is 0.0501. The zero-order chi connectivity index (χ0) is 52.8. The van der Waals surface area contributed by atoms with Gasteiger partial charge >= 0.3 is 11.9 Å². The van der Waals surface area contributed by atoms with Gasteiger partial charge in [-0.3, -0.25) is 19.2 Å². The number of carbonyl (C=O) groups excluding carboxylic acids is 6. The fraction of sp³-hybridized carbons (Fsp3) is 0.429. The Labute approximate surface area is 444 Å². The first kappa shape index (κ1) is 59.2. The number of hydrogen-bond donors (Lipinski definition) is 4. The van der Waals surface area contributed by atoms with Gasteiger partial charge in [-0.25, -0.2) is 9.59 Å². The number of rotatable bonds is 20. The van der Waals surface area contributed by atoms with E-state index in [4.69, 9.17) is 55.9 Å². The molecule has 0 radical (unpaired) electrons. The predicted molar refractivity (Wildman–Crippen MR) is 289 cm³/mol. The molecule has 2 fully saturated rings. The molecule has 0 bridgehead atoms. The average Bonchev–Trinajstić information content (AvgIpc) is 4.08. The normalized spacial score (nSPS) is 14.9. The third-order valence-corrected chi connectivity index (χ3v) is 14.4. The topological polar surface area (TPSA) is 169 Å². The number of allylic oxidation sites excluding steroid dienone is 1. The molecule has 16 heteroatoms. The lowest BCUT2D eigenvalue weighted by atomic mass is 9.80. The molecule has 4 aromatic carbocycles. The highest BCUT2D eigenvalue weighted by molar-refractivity contribution is 6.41. The van der Waals surface area contributed by atoms with Crippen LogP contribution in [0.15, 0.2) is 97.6 Å². The SMILES string of the molecule is C=CCCC1(C(=O)NC(Cc2ccc(NC(=O)c3c(Cl)cccc3Cl)cc2)C(=O)OC)CCCC1.CC.CCCCC1(C(=O)NC(Cc2ccc(NC(=O)c3c(Cl)cccc3Cl)cc2)C(=O)OC)CCCC1. The van der Waals surface area contributed by atoms with Crippen molar-refractivity contribution in [2.45, 2.75) is 129 Å². The Bertz CT molecular complexity index is 2430. The molecule has 388 valence electrons. The number of carbonyl (C=O) groups is 6. The van der Waals surface area contributed by atoms with Crippen molar-refractivity contribution in [2.24, 2.45) is 10.8 Å². The van der Waals surface area contributed by atoms with Gasteiger partial charge in [0.25, 0.3) is 11.8 Å². The molecule has 0 heterocycles. The van der Waals surface area contributed by atoms with Gasteiger partial charge in [0, 0.05) is 35.0 Å². The van der Waals surface area contributed by atoms with Crippen molar-refractivity contribution in [3.8, 4) is 0 Å². The highest BCUT2D eigenvalue weighted by Gasteiger charge is 2.43. The number of halogens is 4. The molecule has 4 aromatic rings. The molecule has 6 rings (SSSR count). The van der Waals surface area contributed by atoms with Crippen molar-refractivity contribution < 1.29 is 38.2 Å². The standard InChI is InChI=1S/C27H32Cl2N2O4.C27H30Cl2N2O4.C2H6/c2*1-3-4-14-27(15-5-6-16-27)26(34)31-22(25(33)35-2)17-18-10-12-19(13-11-18)30-24(32)23-20(28)8-7-9-21(23)29;1-2/h7-13,22H,3-6,14-17H2,1-2H3,(H,30,32)(H,31,34);3,7-13,22H,1,4-6,14-17H2,2H3,(H,30,32)(H,31,34);1-2H3. The number of amides is 4. The molecule has 4 N–H and O–H groups in total. The van der Waals surface area contributed by atoms with Crippen LogP contribution in [-0.4, -0.2) is 61.9 Å². The number of esters is 2. The molecule has 0 aromatic heterocycles. The molecule has 0 saturated heterocycles. The zero-order valence-corrected chi connectivity index (χ0v) is 44.9. The Hall–Kier alpha value is -5.40. The Balaban J connectivity index is 0.000000302. The second kappa shape index (κ2) is 29.3. The number of ether oxygens (including phenoxy) is 2. The van der Waals surface area contributed by atoms with E-state index in [1.807, 2.05) is 19.9 Å². The molecule has 0 spiro atoms. The minimum Gasteiger partial charge on any atom is -0.467 e. The van der Waals surface area contributed by atoms with Gasteiger partial charge in [0.15, 0.2) is 0 Å². The van der Waals surface area contributed by atoms with Crippen molar-refractivity contribution in [1.29, 1.82) is 0 Å². The van der Waals surface area contributed by atoms with Crippen LogP contribution in [0.25, 0.3) is 0 Å². The summed E-state index contributed by atoms with van der Waals surface area (Å²) in [6, 6.07) is 22.2. The first-order valence-corrected chi connectivity index (χ1v) is 26.2. The monoisotopic (exact) mass is 1060 g/mol. The maximum atomic E-state index is 13.3. The van der Waals surface area contributed by atoms with Crippen molar-refractivity contribution in [2.75, 3.05) is 24.9 Å². The van der Waals surface area contributed by atoms with Gasteiger partial charge in [0.2, 0.25) is 11.8 Å². The number of methoxy groups -OCH3 is 2. The summed E-state index contributed by atoms with van der Waals surface area (Å²) in [7, 11) is 2.63. The Kier molecular flexibility index (Phi) is 24.1. The van der Waals surface area contributed by atoms with Crippen LogP contribution in [0.3, 0.4) is 0 Å². The van der Waals surface area contributed by atoms with Crippen molar-refractivity contribution in [3.05, 3.63) is 140 Å². The van der Waals surface area contributed by atoms with Crippen LogP contribution in [0.5, 0.6) is 0 Å². The molecule has 12 nitrogen and oxygen atoms in total. The minimum absolute atomic E-state index is 0.0562. The molecule has 2 atom stereocenters. The molecule has 4 amide bonds. The second-order valence-corrected chi connectivity index (χ2v) is 19.5. The van der Waals surface area contributed by atoms with Crippen LogP contribution >= 0.6 is 46.4 Å². The van der Waals surface area contributed by atoms with E-state index >= 15 is 0 Å². The van der Waals surface area contributed by atoms with E-state index in [1.165, 1.54) is 14.2 Å². The summed E-state index contributed by atoms with van der Waals surface area (Å²) in [5.74, 6) is -1.97. The number of benzene rings is 4. The van der Waals surface area contributed by atoms with Crippen LogP contribution in [0, 0.1) is 10.8 Å². The highest BCUT2D eigenvalue weighted by Crippen LogP contribution is 2.44. The van der Waals surface area contributed by atoms with Crippen LogP contribution < -0.4 is 21.3 Å². The number of nitrogens with one attached hydrogen (secondary N) is 4. The summed E-state index contributed by atoms with van der Waals surface area (Å²) >= 11 is 24.5. The number of hydrogen-bond acceptors (Lipinski definition) is 8. The van der Waals surface area contributed by atoms with Crippen LogP contribution in [0.1, 0.15) is 136 Å². The van der Waals surface area contributed by atoms with Gasteiger partial charge in [-0.1, -0.05) is 148 Å². The summed E-state index contributed by atoms with van der Waals surface area (Å²) in [6.45, 7) is 9.89. The summed E-state index contributed by atoms with van der Waals surface area (Å²) in [6.07, 6.45) is 14.1. The molecule has 2 aliphatic rings. The maximum absolute atomic E-state index is 13.3. The van der Waals surface area contributed by atoms with E-state index in [1.54, 1.807) is 84.9 Å². The molecule has 2 unspecified atom stereocenters. The van der Waals surface area contributed by atoms with Gasteiger partial charge in [-0.15, -0.1) is 6.58 Å².